The van der Waals surface area contributed by atoms with Crippen molar-refractivity contribution in [2.75, 3.05) is 0 Å². The van der Waals surface area contributed by atoms with Crippen molar-refractivity contribution in [3.63, 3.8) is 0 Å². The van der Waals surface area contributed by atoms with Gasteiger partial charge in [-0.2, -0.15) is 5.26 Å². The molecule has 0 aliphatic heterocycles. The number of rotatable bonds is 4. The molecule has 21 heavy (non-hydrogen) atoms. The lowest BCUT2D eigenvalue weighted by molar-refractivity contribution is 0.188. The fraction of sp³-hybridized carbons (Fsp3) is 0.562. The number of sulfonamides is 1. The van der Waals surface area contributed by atoms with Crippen molar-refractivity contribution >= 4 is 10.0 Å². The molecule has 0 saturated heterocycles. The second-order valence-corrected chi connectivity index (χ2v) is 8.19. The highest BCUT2D eigenvalue weighted by atomic mass is 32.2. The van der Waals surface area contributed by atoms with Gasteiger partial charge in [0.1, 0.15) is 0 Å². The van der Waals surface area contributed by atoms with Gasteiger partial charge in [-0.15, -0.1) is 0 Å². The predicted octanol–water partition coefficient (Wildman–Crippen LogP) is 2.95. The Kier molecular flexibility index (Phi) is 4.70. The third-order valence-electron chi connectivity index (χ3n) is 4.31. The van der Waals surface area contributed by atoms with Crippen LogP contribution in [0.3, 0.4) is 0 Å². The van der Waals surface area contributed by atoms with Crippen LogP contribution < -0.4 is 4.72 Å². The molecule has 1 N–H and O–H groups in total. The minimum absolute atomic E-state index is 0.0138. The molecule has 2 rings (SSSR count). The van der Waals surface area contributed by atoms with Crippen LogP contribution in [0.1, 0.15) is 50.7 Å². The summed E-state index contributed by atoms with van der Waals surface area (Å²) in [6, 6.07) is 8.87. The fourth-order valence-electron chi connectivity index (χ4n) is 2.93. The van der Waals surface area contributed by atoms with E-state index < -0.39 is 10.0 Å². The SMILES string of the molecule is CC1(C)CCCCC1NS(=O)(=O)Cc1ccccc1C#N. The maximum Gasteiger partial charge on any atom is 0.216 e. The largest absolute Gasteiger partial charge is 0.216 e. The highest BCUT2D eigenvalue weighted by Gasteiger charge is 2.34. The van der Waals surface area contributed by atoms with Gasteiger partial charge in [0.05, 0.1) is 17.4 Å². The summed E-state index contributed by atoms with van der Waals surface area (Å²) in [5.41, 5.74) is 0.965. The van der Waals surface area contributed by atoms with Gasteiger partial charge in [0.2, 0.25) is 10.0 Å². The van der Waals surface area contributed by atoms with E-state index in [4.69, 9.17) is 5.26 Å². The summed E-state index contributed by atoms with van der Waals surface area (Å²) in [5, 5.41) is 9.05. The molecule has 0 heterocycles. The first-order chi connectivity index (χ1) is 9.84. The lowest BCUT2D eigenvalue weighted by Crippen LogP contribution is -2.47. The lowest BCUT2D eigenvalue weighted by Gasteiger charge is -2.38. The summed E-state index contributed by atoms with van der Waals surface area (Å²) in [4.78, 5) is 0. The molecule has 0 amide bonds. The number of nitrogens with one attached hydrogen (secondary N) is 1. The van der Waals surface area contributed by atoms with Crippen molar-refractivity contribution in [1.82, 2.24) is 4.72 Å². The summed E-state index contributed by atoms with van der Waals surface area (Å²) in [5.74, 6) is -0.136. The molecule has 0 radical (unpaired) electrons. The predicted molar refractivity (Wildman–Crippen MR) is 83.0 cm³/mol. The smallest absolute Gasteiger partial charge is 0.212 e. The van der Waals surface area contributed by atoms with Gasteiger partial charge in [0.25, 0.3) is 0 Å². The third-order valence-corrected chi connectivity index (χ3v) is 5.65. The minimum Gasteiger partial charge on any atom is -0.212 e. The standard InChI is InChI=1S/C16H22N2O2S/c1-16(2)10-6-5-9-15(16)18-21(19,20)12-14-8-4-3-7-13(14)11-17/h3-4,7-8,15,18H,5-6,9-10,12H2,1-2H3. The van der Waals surface area contributed by atoms with Crippen molar-refractivity contribution in [2.45, 2.75) is 51.3 Å². The Morgan fingerprint density at radius 3 is 2.71 bits per heavy atom. The Balaban J connectivity index is 2.14. The molecule has 4 nitrogen and oxygen atoms in total. The number of benzene rings is 1. The average Bonchev–Trinajstić information content (AvgIpc) is 2.41. The molecule has 0 bridgehead atoms. The normalized spacial score (nSPS) is 21.7. The second kappa shape index (κ2) is 6.17. The van der Waals surface area contributed by atoms with Crippen molar-refractivity contribution in [1.29, 1.82) is 5.26 Å². The third kappa shape index (κ3) is 4.05. The monoisotopic (exact) mass is 306 g/mol. The second-order valence-electron chi connectivity index (χ2n) is 6.43. The molecule has 0 aromatic heterocycles. The van der Waals surface area contributed by atoms with E-state index in [1.54, 1.807) is 24.3 Å². The zero-order valence-electron chi connectivity index (χ0n) is 12.6. The summed E-state index contributed by atoms with van der Waals surface area (Å²) in [6.07, 6.45) is 4.13. The lowest BCUT2D eigenvalue weighted by atomic mass is 9.74. The Labute approximate surface area is 127 Å². The topological polar surface area (TPSA) is 70.0 Å². The van der Waals surface area contributed by atoms with E-state index in [-0.39, 0.29) is 17.2 Å². The summed E-state index contributed by atoms with van der Waals surface area (Å²) in [7, 11) is -3.44. The first kappa shape index (κ1) is 16.0. The zero-order chi connectivity index (χ0) is 15.5. The minimum atomic E-state index is -3.44. The van der Waals surface area contributed by atoms with Gasteiger partial charge in [-0.05, 0) is 29.9 Å². The molecule has 1 aromatic carbocycles. The van der Waals surface area contributed by atoms with Gasteiger partial charge in [-0.25, -0.2) is 13.1 Å². The molecule has 114 valence electrons. The van der Waals surface area contributed by atoms with Crippen molar-refractivity contribution < 1.29 is 8.42 Å². The maximum absolute atomic E-state index is 12.4. The van der Waals surface area contributed by atoms with E-state index in [1.165, 1.54) is 0 Å². The van der Waals surface area contributed by atoms with Gasteiger partial charge in [-0.3, -0.25) is 0 Å². The Morgan fingerprint density at radius 1 is 1.33 bits per heavy atom. The molecule has 1 atom stereocenters. The van der Waals surface area contributed by atoms with Crippen LogP contribution in [0.15, 0.2) is 24.3 Å². The van der Waals surface area contributed by atoms with Crippen LogP contribution in [-0.2, 0) is 15.8 Å². The van der Waals surface area contributed by atoms with Crippen LogP contribution in [0, 0.1) is 16.7 Å². The highest BCUT2D eigenvalue weighted by molar-refractivity contribution is 7.88. The molecule has 1 aromatic rings. The van der Waals surface area contributed by atoms with E-state index in [0.29, 0.717) is 11.1 Å². The van der Waals surface area contributed by atoms with Gasteiger partial charge >= 0.3 is 0 Å². The van der Waals surface area contributed by atoms with E-state index in [2.05, 4.69) is 18.6 Å². The van der Waals surface area contributed by atoms with Crippen molar-refractivity contribution in [2.24, 2.45) is 5.41 Å². The quantitative estimate of drug-likeness (QED) is 0.929. The van der Waals surface area contributed by atoms with E-state index in [0.717, 1.165) is 25.7 Å². The van der Waals surface area contributed by atoms with Crippen LogP contribution in [0.5, 0.6) is 0 Å². The van der Waals surface area contributed by atoms with Crippen LogP contribution in [0.2, 0.25) is 0 Å². The van der Waals surface area contributed by atoms with Gasteiger partial charge < -0.3 is 0 Å². The molecule has 1 unspecified atom stereocenters. The zero-order valence-corrected chi connectivity index (χ0v) is 13.4. The van der Waals surface area contributed by atoms with E-state index >= 15 is 0 Å². The summed E-state index contributed by atoms with van der Waals surface area (Å²) >= 11 is 0. The summed E-state index contributed by atoms with van der Waals surface area (Å²) in [6.45, 7) is 4.23. The Morgan fingerprint density at radius 2 is 2.05 bits per heavy atom. The highest BCUT2D eigenvalue weighted by Crippen LogP contribution is 2.35. The first-order valence-electron chi connectivity index (χ1n) is 7.32. The van der Waals surface area contributed by atoms with Crippen LogP contribution in [0.25, 0.3) is 0 Å². The molecule has 1 aliphatic carbocycles. The van der Waals surface area contributed by atoms with Gasteiger partial charge in [0.15, 0.2) is 0 Å². The summed E-state index contributed by atoms with van der Waals surface area (Å²) < 4.78 is 27.7. The van der Waals surface area contributed by atoms with Crippen LogP contribution >= 0.6 is 0 Å². The average molecular weight is 306 g/mol. The molecular weight excluding hydrogens is 284 g/mol. The number of nitrogens with zero attached hydrogens (tertiary/aromatic N) is 1. The molecule has 0 spiro atoms. The molecule has 5 heteroatoms. The van der Waals surface area contributed by atoms with Crippen molar-refractivity contribution in [3.05, 3.63) is 35.4 Å². The molecule has 1 saturated carbocycles. The van der Waals surface area contributed by atoms with Crippen LogP contribution in [-0.4, -0.2) is 14.5 Å². The Hall–Kier alpha value is -1.38. The fourth-order valence-corrected chi connectivity index (χ4v) is 4.55. The molecule has 1 aliphatic rings. The first-order valence-corrected chi connectivity index (χ1v) is 8.97. The Bertz CT molecular complexity index is 644. The number of nitriles is 1. The number of hydrogen-bond donors (Lipinski definition) is 1. The van der Waals surface area contributed by atoms with Gasteiger partial charge in [-0.1, -0.05) is 44.9 Å². The maximum atomic E-state index is 12.4. The number of hydrogen-bond acceptors (Lipinski definition) is 3. The van der Waals surface area contributed by atoms with Crippen LogP contribution in [0.4, 0.5) is 0 Å². The van der Waals surface area contributed by atoms with E-state index in [1.807, 2.05) is 6.07 Å². The van der Waals surface area contributed by atoms with Gasteiger partial charge in [0, 0.05) is 6.04 Å². The van der Waals surface area contributed by atoms with E-state index in [9.17, 15) is 8.42 Å². The van der Waals surface area contributed by atoms with Crippen molar-refractivity contribution in [3.8, 4) is 6.07 Å². The molecule has 1 fully saturated rings. The molecular formula is C16H22N2O2S.